The van der Waals surface area contributed by atoms with Crippen LogP contribution in [0.15, 0.2) is 12.1 Å². The lowest BCUT2D eigenvalue weighted by molar-refractivity contribution is 0.0438. The van der Waals surface area contributed by atoms with Crippen molar-refractivity contribution in [3.05, 3.63) is 29.1 Å². The first-order valence-corrected chi connectivity index (χ1v) is 6.18. The van der Waals surface area contributed by atoms with Crippen LogP contribution in [0.25, 0.3) is 0 Å². The number of nitrogens with two attached hydrogens (primary N) is 1. The maximum atomic E-state index is 13.7. The monoisotopic (exact) mass is 253 g/mol. The quantitative estimate of drug-likeness (QED) is 0.647. The van der Waals surface area contributed by atoms with E-state index >= 15 is 0 Å². The molecule has 0 aliphatic heterocycles. The maximum Gasteiger partial charge on any atom is 0.341 e. The molecule has 0 bridgehead atoms. The minimum absolute atomic E-state index is 0.0869. The Hall–Kier alpha value is -1.58. The van der Waals surface area contributed by atoms with E-state index in [4.69, 9.17) is 10.5 Å². The van der Waals surface area contributed by atoms with Crippen LogP contribution in [-0.2, 0) is 4.74 Å². The fraction of sp³-hybridized carbons (Fsp3) is 0.500. The Morgan fingerprint density at radius 2 is 2.17 bits per heavy atom. The lowest BCUT2D eigenvalue weighted by Crippen LogP contribution is -2.14. The van der Waals surface area contributed by atoms with Gasteiger partial charge in [-0.15, -0.1) is 0 Å². The van der Waals surface area contributed by atoms with Crippen molar-refractivity contribution in [2.24, 2.45) is 5.92 Å². The molecule has 0 amide bonds. The Morgan fingerprint density at radius 1 is 1.50 bits per heavy atom. The zero-order valence-electron chi connectivity index (χ0n) is 11.1. The largest absolute Gasteiger partial charge is 0.462 e. The first kappa shape index (κ1) is 14.5. The molecule has 0 aliphatic rings. The summed E-state index contributed by atoms with van der Waals surface area (Å²) in [6, 6.07) is 2.81. The van der Waals surface area contributed by atoms with E-state index in [1.807, 2.05) is 6.92 Å². The van der Waals surface area contributed by atoms with E-state index in [2.05, 4.69) is 6.92 Å². The molecule has 18 heavy (non-hydrogen) atoms. The van der Waals surface area contributed by atoms with Gasteiger partial charge in [-0.3, -0.25) is 0 Å². The third-order valence-electron chi connectivity index (χ3n) is 2.78. The average molecular weight is 253 g/mol. The van der Waals surface area contributed by atoms with Crippen molar-refractivity contribution in [3.8, 4) is 0 Å². The number of esters is 1. The second-order valence-electron chi connectivity index (χ2n) is 4.69. The first-order chi connectivity index (χ1) is 8.45. The Labute approximate surface area is 107 Å². The fourth-order valence-corrected chi connectivity index (χ4v) is 1.82. The number of benzene rings is 1. The summed E-state index contributed by atoms with van der Waals surface area (Å²) in [6.07, 6.45) is 2.01. The van der Waals surface area contributed by atoms with Crippen LogP contribution >= 0.6 is 0 Å². The molecule has 0 radical (unpaired) electrons. The summed E-state index contributed by atoms with van der Waals surface area (Å²) in [5, 5.41) is 0. The predicted molar refractivity (Wildman–Crippen MR) is 69.9 cm³/mol. The van der Waals surface area contributed by atoms with Crippen molar-refractivity contribution >= 4 is 11.7 Å². The van der Waals surface area contributed by atoms with Crippen molar-refractivity contribution in [1.29, 1.82) is 0 Å². The molecule has 1 unspecified atom stereocenters. The average Bonchev–Trinajstić information content (AvgIpc) is 2.31. The standard InChI is InChI=1S/C14H20FNO2/c1-4-5-9(2)8-18-14(17)12-7-11(16)6-10(3)13(12)15/h6-7,9H,4-5,8,16H2,1-3H3. The number of hydrogen-bond donors (Lipinski definition) is 1. The number of hydrogen-bond acceptors (Lipinski definition) is 3. The van der Waals surface area contributed by atoms with Crippen molar-refractivity contribution in [3.63, 3.8) is 0 Å². The molecule has 100 valence electrons. The van der Waals surface area contributed by atoms with Gasteiger partial charge in [-0.25, -0.2) is 9.18 Å². The van der Waals surface area contributed by atoms with Gasteiger partial charge in [0.1, 0.15) is 5.82 Å². The minimum atomic E-state index is -0.647. The lowest BCUT2D eigenvalue weighted by atomic mass is 10.1. The van der Waals surface area contributed by atoms with E-state index in [1.165, 1.54) is 12.1 Å². The Kier molecular flexibility index (Phi) is 5.13. The highest BCUT2D eigenvalue weighted by molar-refractivity contribution is 5.91. The molecule has 1 aromatic rings. The van der Waals surface area contributed by atoms with E-state index < -0.39 is 11.8 Å². The minimum Gasteiger partial charge on any atom is -0.462 e. The molecular formula is C14H20FNO2. The highest BCUT2D eigenvalue weighted by atomic mass is 19.1. The highest BCUT2D eigenvalue weighted by Gasteiger charge is 2.16. The van der Waals surface area contributed by atoms with Crippen molar-refractivity contribution in [2.45, 2.75) is 33.6 Å². The third-order valence-corrected chi connectivity index (χ3v) is 2.78. The van der Waals surface area contributed by atoms with Gasteiger partial charge in [-0.2, -0.15) is 0 Å². The number of nitrogen functional groups attached to an aromatic ring is 1. The first-order valence-electron chi connectivity index (χ1n) is 6.18. The number of carbonyl (C=O) groups excluding carboxylic acids is 1. The summed E-state index contributed by atoms with van der Waals surface area (Å²) in [5.74, 6) is -0.924. The second kappa shape index (κ2) is 6.38. The third kappa shape index (κ3) is 3.72. The molecule has 3 nitrogen and oxygen atoms in total. The van der Waals surface area contributed by atoms with E-state index in [-0.39, 0.29) is 11.5 Å². The smallest absolute Gasteiger partial charge is 0.341 e. The van der Waals surface area contributed by atoms with Gasteiger partial charge in [0, 0.05) is 5.69 Å². The van der Waals surface area contributed by atoms with E-state index in [0.29, 0.717) is 17.9 Å². The fourth-order valence-electron chi connectivity index (χ4n) is 1.82. The van der Waals surface area contributed by atoms with Crippen LogP contribution in [0, 0.1) is 18.7 Å². The van der Waals surface area contributed by atoms with Gasteiger partial charge in [0.2, 0.25) is 0 Å². The van der Waals surface area contributed by atoms with Gasteiger partial charge in [-0.05, 0) is 37.0 Å². The van der Waals surface area contributed by atoms with E-state index in [0.717, 1.165) is 12.8 Å². The zero-order chi connectivity index (χ0) is 13.7. The molecule has 1 aromatic carbocycles. The van der Waals surface area contributed by atoms with Crippen LogP contribution < -0.4 is 5.73 Å². The van der Waals surface area contributed by atoms with E-state index in [9.17, 15) is 9.18 Å². The summed E-state index contributed by atoms with van der Waals surface area (Å²) in [7, 11) is 0. The van der Waals surface area contributed by atoms with Crippen molar-refractivity contribution in [1.82, 2.24) is 0 Å². The van der Waals surface area contributed by atoms with Crippen LogP contribution in [0.3, 0.4) is 0 Å². The number of ether oxygens (including phenoxy) is 1. The van der Waals surface area contributed by atoms with Gasteiger partial charge in [0.05, 0.1) is 12.2 Å². The van der Waals surface area contributed by atoms with Crippen molar-refractivity contribution in [2.75, 3.05) is 12.3 Å². The van der Waals surface area contributed by atoms with Crippen molar-refractivity contribution < 1.29 is 13.9 Å². The van der Waals surface area contributed by atoms with Gasteiger partial charge in [0.25, 0.3) is 0 Å². The zero-order valence-corrected chi connectivity index (χ0v) is 11.1. The molecule has 4 heteroatoms. The van der Waals surface area contributed by atoms with Gasteiger partial charge >= 0.3 is 5.97 Å². The van der Waals surface area contributed by atoms with Crippen LogP contribution in [-0.4, -0.2) is 12.6 Å². The molecule has 0 aliphatic carbocycles. The normalized spacial score (nSPS) is 12.2. The molecule has 0 saturated carbocycles. The summed E-state index contributed by atoms with van der Waals surface area (Å²) >= 11 is 0. The van der Waals surface area contributed by atoms with Crippen LogP contribution in [0.4, 0.5) is 10.1 Å². The van der Waals surface area contributed by atoms with E-state index in [1.54, 1.807) is 6.92 Å². The molecular weight excluding hydrogens is 233 g/mol. The Bertz CT molecular complexity index is 432. The predicted octanol–water partition coefficient (Wildman–Crippen LogP) is 3.31. The number of aryl methyl sites for hydroxylation is 1. The van der Waals surface area contributed by atoms with Crippen LogP contribution in [0.5, 0.6) is 0 Å². The van der Waals surface area contributed by atoms with Gasteiger partial charge < -0.3 is 10.5 Å². The molecule has 2 N–H and O–H groups in total. The molecule has 0 fully saturated rings. The molecule has 0 saturated heterocycles. The number of carbonyl (C=O) groups is 1. The Morgan fingerprint density at radius 3 is 2.78 bits per heavy atom. The van der Waals surface area contributed by atoms with Gasteiger partial charge in [-0.1, -0.05) is 20.3 Å². The summed E-state index contributed by atoms with van der Waals surface area (Å²) in [6.45, 7) is 5.94. The second-order valence-corrected chi connectivity index (χ2v) is 4.69. The topological polar surface area (TPSA) is 52.3 Å². The Balaban J connectivity index is 2.73. The number of anilines is 1. The SMILES string of the molecule is CCCC(C)COC(=O)c1cc(N)cc(C)c1F. The van der Waals surface area contributed by atoms with Gasteiger partial charge in [0.15, 0.2) is 0 Å². The molecule has 1 rings (SSSR count). The number of rotatable bonds is 5. The highest BCUT2D eigenvalue weighted by Crippen LogP contribution is 2.18. The summed E-state index contributed by atoms with van der Waals surface area (Å²) in [5.41, 5.74) is 6.22. The molecule has 0 aromatic heterocycles. The lowest BCUT2D eigenvalue weighted by Gasteiger charge is -2.12. The summed E-state index contributed by atoms with van der Waals surface area (Å²) in [4.78, 5) is 11.8. The van der Waals surface area contributed by atoms with Crippen LogP contribution in [0.1, 0.15) is 42.6 Å². The molecule has 0 heterocycles. The summed E-state index contributed by atoms with van der Waals surface area (Å²) < 4.78 is 18.8. The molecule has 0 spiro atoms. The van der Waals surface area contributed by atoms with Crippen LogP contribution in [0.2, 0.25) is 0 Å². The molecule has 1 atom stereocenters. The maximum absolute atomic E-state index is 13.7. The number of halogens is 1.